The van der Waals surface area contributed by atoms with Crippen LogP contribution in [-0.4, -0.2) is 28.6 Å². The molecule has 5 nitrogen and oxygen atoms in total. The Morgan fingerprint density at radius 2 is 2.07 bits per heavy atom. The van der Waals surface area contributed by atoms with Gasteiger partial charge in [-0.3, -0.25) is 10.00 Å². The lowest BCUT2D eigenvalue weighted by Gasteiger charge is -2.37. The van der Waals surface area contributed by atoms with E-state index in [-0.39, 0.29) is 23.3 Å². The fourth-order valence-corrected chi connectivity index (χ4v) is 4.43. The maximum Gasteiger partial charge on any atom is 0.142 e. The van der Waals surface area contributed by atoms with Crippen LogP contribution in [0.4, 0.5) is 4.39 Å². The molecule has 148 valence electrons. The van der Waals surface area contributed by atoms with Crippen molar-refractivity contribution in [3.05, 3.63) is 64.0 Å². The third-order valence-corrected chi connectivity index (χ3v) is 5.92. The summed E-state index contributed by atoms with van der Waals surface area (Å²) in [7, 11) is 0. The Morgan fingerprint density at radius 3 is 2.89 bits per heavy atom. The standard InChI is InChI=1S/C20H21Cl2FN4O/c1-11(18-14(21)6-7-15(23)19(18)22)28-17-8-13(10-25-20(17)24)27-16-5-3-2-4-12(16)9-26-27/h2-7,9,11,13,17,20,25H,8,10,24H2,1H3. The molecule has 1 aliphatic rings. The van der Waals surface area contributed by atoms with Gasteiger partial charge in [0.15, 0.2) is 0 Å². The summed E-state index contributed by atoms with van der Waals surface area (Å²) in [5.74, 6) is -0.525. The molecule has 2 aromatic carbocycles. The molecule has 2 heterocycles. The van der Waals surface area contributed by atoms with Crippen LogP contribution < -0.4 is 11.1 Å². The van der Waals surface area contributed by atoms with Crippen LogP contribution in [0.15, 0.2) is 42.6 Å². The van der Waals surface area contributed by atoms with Crippen molar-refractivity contribution in [2.45, 2.75) is 37.8 Å². The summed E-state index contributed by atoms with van der Waals surface area (Å²) < 4.78 is 22.1. The van der Waals surface area contributed by atoms with E-state index in [9.17, 15) is 4.39 Å². The lowest BCUT2D eigenvalue weighted by Crippen LogP contribution is -2.55. The Kier molecular flexibility index (Phi) is 5.58. The van der Waals surface area contributed by atoms with E-state index in [2.05, 4.69) is 10.4 Å². The number of ether oxygens (including phenoxy) is 1. The van der Waals surface area contributed by atoms with Crippen LogP contribution >= 0.6 is 23.2 Å². The summed E-state index contributed by atoms with van der Waals surface area (Å²) in [6.07, 6.45) is 1.34. The van der Waals surface area contributed by atoms with Gasteiger partial charge in [-0.05, 0) is 25.1 Å². The van der Waals surface area contributed by atoms with Crippen molar-refractivity contribution < 1.29 is 9.13 Å². The molecule has 1 aromatic heterocycles. The molecular formula is C20H21Cl2FN4O. The largest absolute Gasteiger partial charge is 0.367 e. The Hall–Kier alpha value is -1.70. The Morgan fingerprint density at radius 1 is 1.29 bits per heavy atom. The smallest absolute Gasteiger partial charge is 0.142 e. The monoisotopic (exact) mass is 422 g/mol. The fraction of sp³-hybridized carbons (Fsp3) is 0.350. The van der Waals surface area contributed by atoms with Gasteiger partial charge in [0.25, 0.3) is 0 Å². The maximum atomic E-state index is 13.9. The second-order valence-electron chi connectivity index (χ2n) is 7.05. The predicted molar refractivity (Wildman–Crippen MR) is 109 cm³/mol. The van der Waals surface area contributed by atoms with Gasteiger partial charge in [-0.2, -0.15) is 5.10 Å². The first-order chi connectivity index (χ1) is 13.5. The highest BCUT2D eigenvalue weighted by Crippen LogP contribution is 2.36. The summed E-state index contributed by atoms with van der Waals surface area (Å²) in [6.45, 7) is 2.48. The summed E-state index contributed by atoms with van der Waals surface area (Å²) >= 11 is 12.4. The van der Waals surface area contributed by atoms with Gasteiger partial charge >= 0.3 is 0 Å². The minimum absolute atomic E-state index is 0.0213. The number of halogens is 3. The van der Waals surface area contributed by atoms with Crippen molar-refractivity contribution in [2.75, 3.05) is 6.54 Å². The Bertz CT molecular complexity index is 995. The highest BCUT2D eigenvalue weighted by Gasteiger charge is 2.33. The molecule has 1 saturated heterocycles. The van der Waals surface area contributed by atoms with Crippen LogP contribution in [0, 0.1) is 5.82 Å². The number of nitrogens with one attached hydrogen (secondary N) is 1. The number of nitrogens with zero attached hydrogens (tertiary/aromatic N) is 2. The van der Waals surface area contributed by atoms with Crippen LogP contribution in [0.3, 0.4) is 0 Å². The van der Waals surface area contributed by atoms with Crippen molar-refractivity contribution in [1.29, 1.82) is 0 Å². The number of para-hydroxylation sites is 1. The SMILES string of the molecule is CC(OC1CC(n2ncc3ccccc32)CNC1N)c1c(Cl)ccc(F)c1Cl. The summed E-state index contributed by atoms with van der Waals surface area (Å²) in [5, 5.41) is 9.26. The van der Waals surface area contributed by atoms with Gasteiger partial charge in [0.1, 0.15) is 5.82 Å². The van der Waals surface area contributed by atoms with Crippen LogP contribution in [0.25, 0.3) is 10.9 Å². The molecule has 1 fully saturated rings. The molecule has 0 spiro atoms. The van der Waals surface area contributed by atoms with Crippen LogP contribution in [0.2, 0.25) is 10.0 Å². The molecule has 28 heavy (non-hydrogen) atoms. The predicted octanol–water partition coefficient (Wildman–Crippen LogP) is 4.45. The van der Waals surface area contributed by atoms with E-state index < -0.39 is 11.9 Å². The molecule has 0 saturated carbocycles. The van der Waals surface area contributed by atoms with Crippen LogP contribution in [0.1, 0.15) is 31.1 Å². The molecule has 0 radical (unpaired) electrons. The van der Waals surface area contributed by atoms with Gasteiger partial charge < -0.3 is 10.5 Å². The molecule has 1 aliphatic heterocycles. The van der Waals surface area contributed by atoms with Gasteiger partial charge in [0.05, 0.1) is 41.2 Å². The van der Waals surface area contributed by atoms with E-state index in [4.69, 9.17) is 33.7 Å². The lowest BCUT2D eigenvalue weighted by atomic mass is 10.0. The zero-order valence-electron chi connectivity index (χ0n) is 15.3. The molecular weight excluding hydrogens is 402 g/mol. The molecule has 4 unspecified atom stereocenters. The topological polar surface area (TPSA) is 65.1 Å². The average molecular weight is 423 g/mol. The first kappa shape index (κ1) is 19.6. The van der Waals surface area contributed by atoms with E-state index >= 15 is 0 Å². The Labute approximate surface area is 172 Å². The molecule has 0 aliphatic carbocycles. The third-order valence-electron chi connectivity index (χ3n) is 5.21. The first-order valence-corrected chi connectivity index (χ1v) is 9.91. The molecule has 8 heteroatoms. The first-order valence-electron chi connectivity index (χ1n) is 9.15. The molecule has 3 aromatic rings. The zero-order chi connectivity index (χ0) is 19.8. The van der Waals surface area contributed by atoms with E-state index in [0.717, 1.165) is 10.9 Å². The lowest BCUT2D eigenvalue weighted by molar-refractivity contribution is -0.0473. The molecule has 3 N–H and O–H groups in total. The molecule has 0 amide bonds. The number of aromatic nitrogens is 2. The third kappa shape index (κ3) is 3.63. The maximum absolute atomic E-state index is 13.9. The zero-order valence-corrected chi connectivity index (χ0v) is 16.8. The molecule has 4 rings (SSSR count). The van der Waals surface area contributed by atoms with Crippen molar-refractivity contribution in [1.82, 2.24) is 15.1 Å². The fourth-order valence-electron chi connectivity index (χ4n) is 3.76. The minimum Gasteiger partial charge on any atom is -0.367 e. The highest BCUT2D eigenvalue weighted by molar-refractivity contribution is 6.36. The Balaban J connectivity index is 1.55. The van der Waals surface area contributed by atoms with E-state index in [1.165, 1.54) is 12.1 Å². The minimum atomic E-state index is -0.525. The van der Waals surface area contributed by atoms with E-state index in [0.29, 0.717) is 23.6 Å². The number of hydrogen-bond donors (Lipinski definition) is 2. The average Bonchev–Trinajstić information content (AvgIpc) is 3.11. The highest BCUT2D eigenvalue weighted by atomic mass is 35.5. The second kappa shape index (κ2) is 7.97. The second-order valence-corrected chi connectivity index (χ2v) is 7.83. The van der Waals surface area contributed by atoms with Crippen molar-refractivity contribution in [3.8, 4) is 0 Å². The summed E-state index contributed by atoms with van der Waals surface area (Å²) in [4.78, 5) is 0. The van der Waals surface area contributed by atoms with Gasteiger partial charge in [0.2, 0.25) is 0 Å². The van der Waals surface area contributed by atoms with Crippen molar-refractivity contribution in [2.24, 2.45) is 5.73 Å². The van der Waals surface area contributed by atoms with Gasteiger partial charge in [-0.25, -0.2) is 4.39 Å². The van der Waals surface area contributed by atoms with Crippen LogP contribution in [-0.2, 0) is 4.74 Å². The normalized spacial score (nSPS) is 23.8. The number of hydrogen-bond acceptors (Lipinski definition) is 4. The van der Waals surface area contributed by atoms with Crippen molar-refractivity contribution in [3.63, 3.8) is 0 Å². The van der Waals surface area contributed by atoms with Crippen LogP contribution in [0.5, 0.6) is 0 Å². The molecule has 0 bridgehead atoms. The van der Waals surface area contributed by atoms with E-state index in [1.807, 2.05) is 35.1 Å². The number of benzene rings is 2. The summed E-state index contributed by atoms with van der Waals surface area (Å²) in [6, 6.07) is 10.9. The van der Waals surface area contributed by atoms with Gasteiger partial charge in [-0.15, -0.1) is 0 Å². The van der Waals surface area contributed by atoms with E-state index in [1.54, 1.807) is 6.92 Å². The number of piperidine rings is 1. The van der Waals surface area contributed by atoms with Crippen molar-refractivity contribution >= 4 is 34.1 Å². The van der Waals surface area contributed by atoms with Gasteiger partial charge in [-0.1, -0.05) is 41.4 Å². The van der Waals surface area contributed by atoms with Gasteiger partial charge in [0, 0.05) is 28.9 Å². The number of nitrogens with two attached hydrogens (primary N) is 1. The molecule has 4 atom stereocenters. The number of fused-ring (bicyclic) bond motifs is 1. The number of rotatable bonds is 4. The summed E-state index contributed by atoms with van der Waals surface area (Å²) in [5.41, 5.74) is 7.73. The quantitative estimate of drug-likeness (QED) is 0.609.